The van der Waals surface area contributed by atoms with Crippen molar-refractivity contribution in [1.82, 2.24) is 4.90 Å². The van der Waals surface area contributed by atoms with Gasteiger partial charge in [-0.1, -0.05) is 0 Å². The van der Waals surface area contributed by atoms with E-state index in [-0.39, 0.29) is 5.78 Å². The summed E-state index contributed by atoms with van der Waals surface area (Å²) in [7, 11) is 4.18. The Morgan fingerprint density at radius 2 is 1.95 bits per heavy atom. The minimum Gasteiger partial charge on any atom is -0.371 e. The van der Waals surface area contributed by atoms with Crippen molar-refractivity contribution >= 4 is 27.4 Å². The van der Waals surface area contributed by atoms with Crippen molar-refractivity contribution in [2.75, 3.05) is 38.6 Å². The molecule has 0 aliphatic carbocycles. The molecule has 106 valence electrons. The highest BCUT2D eigenvalue weighted by atomic mass is 79.9. The lowest BCUT2D eigenvalue weighted by Crippen LogP contribution is -2.27. The second-order valence-electron chi connectivity index (χ2n) is 4.96. The molecular formula is C15H23BrN2O. The van der Waals surface area contributed by atoms with Crippen LogP contribution in [0, 0.1) is 0 Å². The molecule has 0 saturated carbocycles. The fraction of sp³-hybridized carbons (Fsp3) is 0.533. The minimum atomic E-state index is 0.0999. The number of halogens is 1. The first-order chi connectivity index (χ1) is 8.95. The van der Waals surface area contributed by atoms with Crippen molar-refractivity contribution in [3.8, 4) is 0 Å². The van der Waals surface area contributed by atoms with E-state index in [9.17, 15) is 4.79 Å². The summed E-state index contributed by atoms with van der Waals surface area (Å²) in [6.07, 6.45) is 1.13. The first-order valence-electron chi connectivity index (χ1n) is 6.65. The van der Waals surface area contributed by atoms with Crippen molar-refractivity contribution < 1.29 is 4.79 Å². The molecule has 0 N–H and O–H groups in total. The van der Waals surface area contributed by atoms with E-state index in [1.54, 1.807) is 6.92 Å². The summed E-state index contributed by atoms with van der Waals surface area (Å²) < 4.78 is 0.993. The van der Waals surface area contributed by atoms with E-state index < -0.39 is 0 Å². The van der Waals surface area contributed by atoms with E-state index in [1.807, 2.05) is 18.2 Å². The Kier molecular flexibility index (Phi) is 6.52. The van der Waals surface area contributed by atoms with Crippen LogP contribution in [-0.4, -0.2) is 44.4 Å². The van der Waals surface area contributed by atoms with Gasteiger partial charge in [0, 0.05) is 23.1 Å². The zero-order valence-electron chi connectivity index (χ0n) is 12.2. The maximum atomic E-state index is 11.4. The standard InChI is InChI=1S/C15H23BrN2O/c1-5-18(10-6-9-17(3)4)15-8-7-13(12(2)19)11-14(15)16/h7-8,11H,5-6,9-10H2,1-4H3. The van der Waals surface area contributed by atoms with Gasteiger partial charge < -0.3 is 9.80 Å². The molecule has 4 heteroatoms. The number of nitrogens with zero attached hydrogens (tertiary/aromatic N) is 2. The predicted octanol–water partition coefficient (Wildman–Crippen LogP) is 3.43. The van der Waals surface area contributed by atoms with Gasteiger partial charge in [-0.2, -0.15) is 0 Å². The molecule has 0 radical (unpaired) electrons. The molecule has 0 spiro atoms. The third-order valence-electron chi connectivity index (χ3n) is 3.11. The summed E-state index contributed by atoms with van der Waals surface area (Å²) in [4.78, 5) is 15.9. The van der Waals surface area contributed by atoms with Crippen LogP contribution in [0.5, 0.6) is 0 Å². The molecule has 0 fully saturated rings. The molecule has 0 saturated heterocycles. The number of carbonyl (C=O) groups is 1. The maximum absolute atomic E-state index is 11.4. The number of benzene rings is 1. The van der Waals surface area contributed by atoms with Crippen LogP contribution in [0.4, 0.5) is 5.69 Å². The first kappa shape index (κ1) is 16.2. The largest absolute Gasteiger partial charge is 0.371 e. The lowest BCUT2D eigenvalue weighted by atomic mass is 10.1. The average molecular weight is 327 g/mol. The highest BCUT2D eigenvalue weighted by molar-refractivity contribution is 9.10. The molecule has 1 aromatic carbocycles. The quantitative estimate of drug-likeness (QED) is 0.717. The molecule has 0 amide bonds. The smallest absolute Gasteiger partial charge is 0.159 e. The monoisotopic (exact) mass is 326 g/mol. The summed E-state index contributed by atoms with van der Waals surface area (Å²) in [5.74, 6) is 0.0999. The van der Waals surface area contributed by atoms with E-state index in [0.29, 0.717) is 0 Å². The van der Waals surface area contributed by atoms with E-state index in [0.717, 1.165) is 41.8 Å². The van der Waals surface area contributed by atoms with E-state index >= 15 is 0 Å². The highest BCUT2D eigenvalue weighted by Crippen LogP contribution is 2.27. The van der Waals surface area contributed by atoms with Crippen molar-refractivity contribution in [3.63, 3.8) is 0 Å². The topological polar surface area (TPSA) is 23.6 Å². The molecular weight excluding hydrogens is 304 g/mol. The molecule has 0 aliphatic rings. The van der Waals surface area contributed by atoms with Crippen molar-refractivity contribution in [2.45, 2.75) is 20.3 Å². The first-order valence-corrected chi connectivity index (χ1v) is 7.45. The van der Waals surface area contributed by atoms with Crippen LogP contribution in [0.25, 0.3) is 0 Å². The lowest BCUT2D eigenvalue weighted by Gasteiger charge is -2.25. The molecule has 0 aromatic heterocycles. The van der Waals surface area contributed by atoms with Crippen LogP contribution in [0.15, 0.2) is 22.7 Å². The third-order valence-corrected chi connectivity index (χ3v) is 3.75. The van der Waals surface area contributed by atoms with Crippen LogP contribution in [0.2, 0.25) is 0 Å². The fourth-order valence-electron chi connectivity index (χ4n) is 2.01. The van der Waals surface area contributed by atoms with E-state index in [4.69, 9.17) is 0 Å². The second-order valence-corrected chi connectivity index (χ2v) is 5.81. The Morgan fingerprint density at radius 1 is 1.26 bits per heavy atom. The van der Waals surface area contributed by atoms with Crippen LogP contribution in [0.3, 0.4) is 0 Å². The molecule has 3 nitrogen and oxygen atoms in total. The summed E-state index contributed by atoms with van der Waals surface area (Å²) in [6, 6.07) is 5.84. The van der Waals surface area contributed by atoms with Gasteiger partial charge in [0.2, 0.25) is 0 Å². The van der Waals surface area contributed by atoms with Gasteiger partial charge in [-0.05, 0) is 75.0 Å². The molecule has 0 aliphatic heterocycles. The number of anilines is 1. The number of rotatable bonds is 7. The van der Waals surface area contributed by atoms with Crippen LogP contribution in [-0.2, 0) is 0 Å². The van der Waals surface area contributed by atoms with Crippen LogP contribution in [0.1, 0.15) is 30.6 Å². The Balaban J connectivity index is 2.78. The Hall–Kier alpha value is -0.870. The number of Topliss-reactive ketones (excluding diaryl/α,β-unsaturated/α-hetero) is 1. The van der Waals surface area contributed by atoms with E-state index in [1.165, 1.54) is 0 Å². The number of hydrogen-bond donors (Lipinski definition) is 0. The number of carbonyl (C=O) groups excluding carboxylic acids is 1. The zero-order valence-corrected chi connectivity index (χ0v) is 13.8. The summed E-state index contributed by atoms with van der Waals surface area (Å²) in [5.41, 5.74) is 1.91. The van der Waals surface area contributed by atoms with Crippen molar-refractivity contribution in [2.24, 2.45) is 0 Å². The van der Waals surface area contributed by atoms with Crippen LogP contribution >= 0.6 is 15.9 Å². The maximum Gasteiger partial charge on any atom is 0.159 e. The van der Waals surface area contributed by atoms with Gasteiger partial charge in [-0.15, -0.1) is 0 Å². The Bertz CT molecular complexity index is 432. The van der Waals surface area contributed by atoms with Gasteiger partial charge >= 0.3 is 0 Å². The molecule has 0 heterocycles. The Morgan fingerprint density at radius 3 is 2.42 bits per heavy atom. The van der Waals surface area contributed by atoms with Gasteiger partial charge in [-0.25, -0.2) is 0 Å². The summed E-state index contributed by atoms with van der Waals surface area (Å²) in [5, 5.41) is 0. The highest BCUT2D eigenvalue weighted by Gasteiger charge is 2.10. The van der Waals surface area contributed by atoms with Crippen LogP contribution < -0.4 is 4.90 Å². The number of ketones is 1. The minimum absolute atomic E-state index is 0.0999. The molecule has 19 heavy (non-hydrogen) atoms. The summed E-state index contributed by atoms with van der Waals surface area (Å²) in [6.45, 7) is 6.81. The average Bonchev–Trinajstić information content (AvgIpc) is 2.34. The van der Waals surface area contributed by atoms with Crippen molar-refractivity contribution in [3.05, 3.63) is 28.2 Å². The summed E-state index contributed by atoms with van der Waals surface area (Å²) >= 11 is 3.57. The van der Waals surface area contributed by atoms with Crippen molar-refractivity contribution in [1.29, 1.82) is 0 Å². The molecule has 0 unspecified atom stereocenters. The zero-order chi connectivity index (χ0) is 14.4. The van der Waals surface area contributed by atoms with Gasteiger partial charge in [0.1, 0.15) is 0 Å². The molecule has 1 aromatic rings. The van der Waals surface area contributed by atoms with Gasteiger partial charge in [-0.3, -0.25) is 4.79 Å². The van der Waals surface area contributed by atoms with Gasteiger partial charge in [0.25, 0.3) is 0 Å². The SMILES string of the molecule is CCN(CCCN(C)C)c1ccc(C(C)=O)cc1Br. The molecule has 1 rings (SSSR count). The molecule has 0 atom stereocenters. The van der Waals surface area contributed by atoms with Gasteiger partial charge in [0.05, 0.1) is 5.69 Å². The fourth-order valence-corrected chi connectivity index (χ4v) is 2.64. The second kappa shape index (κ2) is 7.65. The third kappa shape index (κ3) is 4.96. The van der Waals surface area contributed by atoms with E-state index in [2.05, 4.69) is 46.7 Å². The van der Waals surface area contributed by atoms with Gasteiger partial charge in [0.15, 0.2) is 5.78 Å². The predicted molar refractivity (Wildman–Crippen MR) is 85.2 cm³/mol. The normalized spacial score (nSPS) is 10.8. The Labute approximate surface area is 124 Å². The molecule has 0 bridgehead atoms. The number of hydrogen-bond acceptors (Lipinski definition) is 3. The lowest BCUT2D eigenvalue weighted by molar-refractivity contribution is 0.101.